The van der Waals surface area contributed by atoms with Gasteiger partial charge in [0, 0.05) is 5.69 Å². The number of hydrogen-bond donors (Lipinski definition) is 1. The van der Waals surface area contributed by atoms with Gasteiger partial charge in [0.05, 0.1) is 0 Å². The van der Waals surface area contributed by atoms with Crippen LogP contribution in [-0.2, 0) is 4.79 Å². The van der Waals surface area contributed by atoms with E-state index in [0.29, 0.717) is 17.5 Å². The Morgan fingerprint density at radius 2 is 2.00 bits per heavy atom. The van der Waals surface area contributed by atoms with E-state index in [1.54, 1.807) is 13.8 Å². The molecule has 1 aromatic heterocycles. The summed E-state index contributed by atoms with van der Waals surface area (Å²) < 4.78 is 5.59. The summed E-state index contributed by atoms with van der Waals surface area (Å²) in [6.07, 6.45) is 0. The van der Waals surface area contributed by atoms with Crippen molar-refractivity contribution in [3.63, 3.8) is 0 Å². The van der Waals surface area contributed by atoms with Crippen LogP contribution >= 0.6 is 0 Å². The van der Waals surface area contributed by atoms with E-state index in [1.165, 1.54) is 0 Å². The molecule has 2 rings (SSSR count). The van der Waals surface area contributed by atoms with E-state index >= 15 is 0 Å². The number of hydrogen-bond acceptors (Lipinski definition) is 3. The number of carbonyl (C=O) groups is 1. The second kappa shape index (κ2) is 4.35. The van der Waals surface area contributed by atoms with Gasteiger partial charge in [0.1, 0.15) is 0 Å². The molecule has 1 amide bonds. The Bertz CT molecular complexity index is 439. The Kier molecular flexibility index (Phi) is 3.45. The summed E-state index contributed by atoms with van der Waals surface area (Å²) in [6, 6.07) is 3.79. The second-order valence-corrected chi connectivity index (χ2v) is 4.80. The SMILES string of the molecule is C.CC(C)c1ccc2c(n1)NC(=O)C(C)(C)O2. The summed E-state index contributed by atoms with van der Waals surface area (Å²) in [5, 5.41) is 2.77. The Morgan fingerprint density at radius 1 is 1.35 bits per heavy atom. The molecule has 2 heterocycles. The highest BCUT2D eigenvalue weighted by Crippen LogP contribution is 2.32. The molecule has 94 valence electrons. The zero-order chi connectivity index (χ0) is 11.9. The van der Waals surface area contributed by atoms with Crippen LogP contribution in [0.2, 0.25) is 0 Å². The molecule has 0 bridgehead atoms. The van der Waals surface area contributed by atoms with Crippen LogP contribution in [0.1, 0.15) is 46.7 Å². The zero-order valence-corrected chi connectivity index (χ0v) is 10.00. The number of nitrogens with one attached hydrogen (secondary N) is 1. The minimum absolute atomic E-state index is 0. The van der Waals surface area contributed by atoms with Gasteiger partial charge in [-0.2, -0.15) is 0 Å². The van der Waals surface area contributed by atoms with Gasteiger partial charge in [-0.05, 0) is 31.9 Å². The van der Waals surface area contributed by atoms with Crippen LogP contribution in [0.25, 0.3) is 0 Å². The van der Waals surface area contributed by atoms with Gasteiger partial charge in [0.15, 0.2) is 17.2 Å². The van der Waals surface area contributed by atoms with E-state index in [9.17, 15) is 4.79 Å². The van der Waals surface area contributed by atoms with Crippen LogP contribution in [0.15, 0.2) is 12.1 Å². The van der Waals surface area contributed by atoms with Gasteiger partial charge < -0.3 is 10.1 Å². The lowest BCUT2D eigenvalue weighted by Crippen LogP contribution is -2.46. The van der Waals surface area contributed by atoms with Crippen molar-refractivity contribution in [2.45, 2.75) is 46.6 Å². The first-order valence-corrected chi connectivity index (χ1v) is 5.41. The van der Waals surface area contributed by atoms with Crippen molar-refractivity contribution < 1.29 is 9.53 Å². The molecule has 1 aromatic rings. The number of anilines is 1. The monoisotopic (exact) mass is 236 g/mol. The Hall–Kier alpha value is -1.58. The fourth-order valence-electron chi connectivity index (χ4n) is 1.53. The first-order chi connectivity index (χ1) is 7.40. The number of nitrogens with zero attached hydrogens (tertiary/aromatic N) is 1. The Balaban J connectivity index is 0.00000144. The predicted molar refractivity (Wildman–Crippen MR) is 68.4 cm³/mol. The van der Waals surface area contributed by atoms with E-state index in [4.69, 9.17) is 4.74 Å². The second-order valence-electron chi connectivity index (χ2n) is 4.80. The molecule has 1 aliphatic heterocycles. The van der Waals surface area contributed by atoms with Crippen molar-refractivity contribution >= 4 is 11.7 Å². The van der Waals surface area contributed by atoms with Crippen molar-refractivity contribution in [1.82, 2.24) is 4.98 Å². The summed E-state index contributed by atoms with van der Waals surface area (Å²) >= 11 is 0. The molecule has 1 N–H and O–H groups in total. The molecular weight excluding hydrogens is 216 g/mol. The number of ether oxygens (including phenoxy) is 1. The number of fused-ring (bicyclic) bond motifs is 1. The van der Waals surface area contributed by atoms with Gasteiger partial charge in [-0.25, -0.2) is 4.98 Å². The third-order valence-electron chi connectivity index (χ3n) is 2.62. The number of rotatable bonds is 1. The number of pyridine rings is 1. The minimum atomic E-state index is -0.825. The third kappa shape index (κ3) is 2.40. The molecule has 4 heteroatoms. The molecular formula is C13H20N2O2. The summed E-state index contributed by atoms with van der Waals surface area (Å²) in [4.78, 5) is 16.1. The molecule has 0 spiro atoms. The normalized spacial score (nSPS) is 16.6. The lowest BCUT2D eigenvalue weighted by atomic mass is 10.1. The quantitative estimate of drug-likeness (QED) is 0.815. The molecule has 0 saturated heterocycles. The van der Waals surface area contributed by atoms with Gasteiger partial charge in [0.25, 0.3) is 5.91 Å². The van der Waals surface area contributed by atoms with Crippen LogP contribution in [0.3, 0.4) is 0 Å². The maximum Gasteiger partial charge on any atom is 0.269 e. The molecule has 0 aliphatic carbocycles. The van der Waals surface area contributed by atoms with Gasteiger partial charge in [-0.3, -0.25) is 4.79 Å². The maximum absolute atomic E-state index is 11.7. The smallest absolute Gasteiger partial charge is 0.269 e. The van der Waals surface area contributed by atoms with Gasteiger partial charge in [-0.15, -0.1) is 0 Å². The highest BCUT2D eigenvalue weighted by Gasteiger charge is 2.36. The van der Waals surface area contributed by atoms with Crippen LogP contribution < -0.4 is 10.1 Å². The summed E-state index contributed by atoms with van der Waals surface area (Å²) in [6.45, 7) is 7.59. The molecule has 4 nitrogen and oxygen atoms in total. The topological polar surface area (TPSA) is 51.2 Å². The van der Waals surface area contributed by atoms with Gasteiger partial charge in [0.2, 0.25) is 0 Å². The standard InChI is InChI=1S/C12H16N2O2.CH4/c1-7(2)8-5-6-9-10(13-8)14-11(15)12(3,4)16-9;/h5-7H,1-4H3,(H,13,14,15);1H4. The summed E-state index contributed by atoms with van der Waals surface area (Å²) in [5.74, 6) is 1.33. The zero-order valence-electron chi connectivity index (χ0n) is 10.00. The fraction of sp³-hybridized carbons (Fsp3) is 0.538. The van der Waals surface area contributed by atoms with Crippen LogP contribution in [0.4, 0.5) is 5.82 Å². The third-order valence-corrected chi connectivity index (χ3v) is 2.62. The minimum Gasteiger partial charge on any atom is -0.474 e. The van der Waals surface area contributed by atoms with E-state index in [0.717, 1.165) is 5.69 Å². The fourth-order valence-corrected chi connectivity index (χ4v) is 1.53. The number of carbonyl (C=O) groups excluding carboxylic acids is 1. The van der Waals surface area contributed by atoms with Crippen molar-refractivity contribution in [2.75, 3.05) is 5.32 Å². The first-order valence-electron chi connectivity index (χ1n) is 5.41. The first kappa shape index (κ1) is 13.5. The van der Waals surface area contributed by atoms with E-state index < -0.39 is 5.60 Å². The summed E-state index contributed by atoms with van der Waals surface area (Å²) in [7, 11) is 0. The van der Waals surface area contributed by atoms with Crippen molar-refractivity contribution in [3.05, 3.63) is 17.8 Å². The van der Waals surface area contributed by atoms with Crippen LogP contribution in [0.5, 0.6) is 5.75 Å². The highest BCUT2D eigenvalue weighted by atomic mass is 16.5. The van der Waals surface area contributed by atoms with Gasteiger partial charge in [-0.1, -0.05) is 21.3 Å². The van der Waals surface area contributed by atoms with Gasteiger partial charge >= 0.3 is 0 Å². The largest absolute Gasteiger partial charge is 0.474 e. The molecule has 1 aliphatic rings. The Labute approximate surface area is 102 Å². The predicted octanol–water partition coefficient (Wildman–Crippen LogP) is 2.95. The number of aromatic nitrogens is 1. The van der Waals surface area contributed by atoms with E-state index in [-0.39, 0.29) is 13.3 Å². The molecule has 0 saturated carbocycles. The lowest BCUT2D eigenvalue weighted by Gasteiger charge is -2.31. The molecule has 0 aromatic carbocycles. The summed E-state index contributed by atoms with van der Waals surface area (Å²) in [5.41, 5.74) is 0.121. The average molecular weight is 236 g/mol. The van der Waals surface area contributed by atoms with Crippen molar-refractivity contribution in [2.24, 2.45) is 0 Å². The van der Waals surface area contributed by atoms with Crippen molar-refractivity contribution in [1.29, 1.82) is 0 Å². The maximum atomic E-state index is 11.7. The van der Waals surface area contributed by atoms with Crippen LogP contribution in [-0.4, -0.2) is 16.5 Å². The van der Waals surface area contributed by atoms with E-state index in [1.807, 2.05) is 12.1 Å². The average Bonchev–Trinajstić information content (AvgIpc) is 2.18. The number of amides is 1. The molecule has 0 radical (unpaired) electrons. The van der Waals surface area contributed by atoms with E-state index in [2.05, 4.69) is 24.1 Å². The molecule has 0 unspecified atom stereocenters. The Morgan fingerprint density at radius 3 is 2.59 bits per heavy atom. The lowest BCUT2D eigenvalue weighted by molar-refractivity contribution is -0.129. The van der Waals surface area contributed by atoms with Crippen molar-refractivity contribution in [3.8, 4) is 5.75 Å². The molecule has 17 heavy (non-hydrogen) atoms. The highest BCUT2D eigenvalue weighted by molar-refractivity contribution is 5.99. The molecule has 0 fully saturated rings. The van der Waals surface area contributed by atoms with Crippen LogP contribution in [0, 0.1) is 0 Å². The molecule has 0 atom stereocenters.